The summed E-state index contributed by atoms with van der Waals surface area (Å²) >= 11 is 0. The molecule has 1 aliphatic carbocycles. The van der Waals surface area contributed by atoms with Crippen molar-refractivity contribution < 1.29 is 28.0 Å². The zero-order valence-electron chi connectivity index (χ0n) is 20.3. The lowest BCUT2D eigenvalue weighted by Gasteiger charge is -2.24. The fourth-order valence-electron chi connectivity index (χ4n) is 5.04. The lowest BCUT2D eigenvalue weighted by molar-refractivity contribution is -0.154. The van der Waals surface area contributed by atoms with Gasteiger partial charge in [0, 0.05) is 19.1 Å². The van der Waals surface area contributed by atoms with Gasteiger partial charge in [-0.1, -0.05) is 32.6 Å². The van der Waals surface area contributed by atoms with Gasteiger partial charge in [0.2, 0.25) is 18.1 Å². The molecule has 2 heterocycles. The topological polar surface area (TPSA) is 114 Å². The van der Waals surface area contributed by atoms with Gasteiger partial charge in [-0.05, 0) is 32.4 Å². The second-order valence-electron chi connectivity index (χ2n) is 9.71. The number of amides is 2. The van der Waals surface area contributed by atoms with E-state index >= 15 is 4.39 Å². The predicted molar refractivity (Wildman–Crippen MR) is 122 cm³/mol. The molecule has 0 radical (unpaired) electrons. The van der Waals surface area contributed by atoms with E-state index in [4.69, 9.17) is 0 Å². The molecule has 1 saturated heterocycles. The summed E-state index contributed by atoms with van der Waals surface area (Å²) in [5.74, 6) is -3.61. The summed E-state index contributed by atoms with van der Waals surface area (Å²) in [5, 5.41) is 9.99. The Labute approximate surface area is 202 Å². The highest BCUT2D eigenvalue weighted by molar-refractivity contribution is 5.80. The van der Waals surface area contributed by atoms with Crippen molar-refractivity contribution in [1.82, 2.24) is 25.4 Å². The molecule has 0 bridgehead atoms. The molecule has 1 aliphatic heterocycles. The Morgan fingerprint density at radius 2 is 1.94 bits per heavy atom. The number of anilines is 2. The molecule has 3 N–H and O–H groups in total. The van der Waals surface area contributed by atoms with Gasteiger partial charge in [-0.3, -0.25) is 25.6 Å². The van der Waals surface area contributed by atoms with Crippen LogP contribution in [0.4, 0.5) is 24.8 Å². The van der Waals surface area contributed by atoms with Crippen LogP contribution in [0.25, 0.3) is 0 Å². The van der Waals surface area contributed by atoms with Crippen molar-refractivity contribution >= 4 is 24.0 Å². The SMILES string of the molecule is C[C@@H]1CN(c2nc(C(F)F)nc(NNC(=O)[C@@H](CC3CCCC3)CN(O)C=O)c2F)C[C@H]1N(C)C. The molecule has 0 spiro atoms. The smallest absolute Gasteiger partial charge is 0.297 e. The van der Waals surface area contributed by atoms with Gasteiger partial charge in [0.25, 0.3) is 6.43 Å². The Balaban J connectivity index is 1.77. The normalized spacial score (nSPS) is 21.6. The van der Waals surface area contributed by atoms with Crippen LogP contribution in [0.2, 0.25) is 0 Å². The van der Waals surface area contributed by atoms with Gasteiger partial charge < -0.3 is 9.80 Å². The highest BCUT2D eigenvalue weighted by Gasteiger charge is 2.35. The first-order valence-electron chi connectivity index (χ1n) is 11.8. The molecule has 196 valence electrons. The second kappa shape index (κ2) is 11.8. The number of carbonyl (C=O) groups excluding carboxylic acids is 2. The summed E-state index contributed by atoms with van der Waals surface area (Å²) in [6.07, 6.45) is 1.55. The lowest BCUT2D eigenvalue weighted by Crippen LogP contribution is -2.41. The number of hydroxylamine groups is 2. The van der Waals surface area contributed by atoms with Crippen molar-refractivity contribution in [2.24, 2.45) is 17.8 Å². The van der Waals surface area contributed by atoms with Crippen LogP contribution in [0.1, 0.15) is 51.3 Å². The predicted octanol–water partition coefficient (Wildman–Crippen LogP) is 2.43. The molecule has 0 unspecified atom stereocenters. The van der Waals surface area contributed by atoms with Crippen LogP contribution < -0.4 is 15.8 Å². The molecule has 10 nitrogen and oxygen atoms in total. The Hall–Kier alpha value is -2.67. The zero-order chi connectivity index (χ0) is 25.7. The molecule has 1 saturated carbocycles. The maximum atomic E-state index is 15.3. The van der Waals surface area contributed by atoms with Gasteiger partial charge in [-0.2, -0.15) is 4.39 Å². The molecule has 0 aromatic carbocycles. The molecule has 2 aliphatic rings. The number of rotatable bonds is 11. The van der Waals surface area contributed by atoms with Gasteiger partial charge in [-0.25, -0.2) is 23.8 Å². The van der Waals surface area contributed by atoms with Crippen LogP contribution >= 0.6 is 0 Å². The van der Waals surface area contributed by atoms with E-state index in [-0.39, 0.29) is 36.7 Å². The number of nitrogens with zero attached hydrogens (tertiary/aromatic N) is 5. The van der Waals surface area contributed by atoms with Crippen LogP contribution in [-0.4, -0.2) is 77.2 Å². The zero-order valence-corrected chi connectivity index (χ0v) is 20.3. The monoisotopic (exact) mass is 501 g/mol. The third-order valence-corrected chi connectivity index (χ3v) is 6.88. The number of carbonyl (C=O) groups is 2. The summed E-state index contributed by atoms with van der Waals surface area (Å²) < 4.78 is 42.4. The minimum atomic E-state index is -3.04. The van der Waals surface area contributed by atoms with E-state index in [1.807, 2.05) is 25.9 Å². The van der Waals surface area contributed by atoms with Gasteiger partial charge in [0.1, 0.15) is 0 Å². The molecule has 13 heteroatoms. The summed E-state index contributed by atoms with van der Waals surface area (Å²) in [4.78, 5) is 34.6. The summed E-state index contributed by atoms with van der Waals surface area (Å²) in [5.41, 5.74) is 4.65. The largest absolute Gasteiger partial charge is 0.352 e. The van der Waals surface area contributed by atoms with Crippen LogP contribution in [0.15, 0.2) is 0 Å². The van der Waals surface area contributed by atoms with Crippen LogP contribution in [-0.2, 0) is 9.59 Å². The molecule has 3 rings (SSSR count). The van der Waals surface area contributed by atoms with Gasteiger partial charge >= 0.3 is 0 Å². The number of alkyl halides is 2. The number of hydrazine groups is 1. The molecule has 1 aromatic heterocycles. The number of hydrogen-bond donors (Lipinski definition) is 3. The number of hydrogen-bond acceptors (Lipinski definition) is 8. The van der Waals surface area contributed by atoms with Gasteiger partial charge in [0.15, 0.2) is 17.5 Å². The third kappa shape index (κ3) is 6.72. The molecule has 3 atom stereocenters. The van der Waals surface area contributed by atoms with E-state index in [1.54, 1.807) is 4.90 Å². The van der Waals surface area contributed by atoms with Crippen molar-refractivity contribution in [2.75, 3.05) is 44.1 Å². The maximum absolute atomic E-state index is 15.3. The quantitative estimate of drug-likeness (QED) is 0.241. The van der Waals surface area contributed by atoms with E-state index in [1.165, 1.54) is 0 Å². The van der Waals surface area contributed by atoms with E-state index in [9.17, 15) is 23.6 Å². The minimum absolute atomic E-state index is 0.0890. The molecule has 2 fully saturated rings. The molecular weight excluding hydrogens is 467 g/mol. The van der Waals surface area contributed by atoms with E-state index in [0.717, 1.165) is 25.7 Å². The molecule has 2 amide bonds. The van der Waals surface area contributed by atoms with Crippen molar-refractivity contribution in [3.05, 3.63) is 11.6 Å². The average molecular weight is 502 g/mol. The van der Waals surface area contributed by atoms with Gasteiger partial charge in [0.05, 0.1) is 12.5 Å². The number of nitrogens with one attached hydrogen (secondary N) is 2. The number of aromatic nitrogens is 2. The average Bonchev–Trinajstić information content (AvgIpc) is 3.46. The van der Waals surface area contributed by atoms with Crippen molar-refractivity contribution in [1.29, 1.82) is 0 Å². The standard InChI is InChI=1S/C22H34F3N7O3/c1-13-9-31(11-16(13)30(2)3)21-17(23)19(26-20(27-21)18(24)25)28-29-22(34)15(10-32(35)12-33)8-14-6-4-5-7-14/h12-16,18,35H,4-11H2,1-3H3,(H,29,34)(H,26,27,28)/t13-,15+,16-/m1/s1. The number of likely N-dealkylation sites (N-methyl/N-ethyl adjacent to an activating group) is 1. The van der Waals surface area contributed by atoms with Crippen molar-refractivity contribution in [2.45, 2.75) is 51.5 Å². The first kappa shape index (κ1) is 26.9. The Bertz CT molecular complexity index is 886. The first-order valence-corrected chi connectivity index (χ1v) is 11.8. The highest BCUT2D eigenvalue weighted by atomic mass is 19.3. The van der Waals surface area contributed by atoms with Crippen LogP contribution in [0.3, 0.4) is 0 Å². The Morgan fingerprint density at radius 1 is 1.26 bits per heavy atom. The summed E-state index contributed by atoms with van der Waals surface area (Å²) in [6, 6.07) is 0.0890. The van der Waals surface area contributed by atoms with Crippen molar-refractivity contribution in [3.8, 4) is 0 Å². The van der Waals surface area contributed by atoms with Crippen molar-refractivity contribution in [3.63, 3.8) is 0 Å². The van der Waals surface area contributed by atoms with E-state index in [0.29, 0.717) is 24.6 Å². The fraction of sp³-hybridized carbons (Fsp3) is 0.727. The third-order valence-electron chi connectivity index (χ3n) is 6.88. The van der Waals surface area contributed by atoms with E-state index < -0.39 is 35.7 Å². The molecule has 35 heavy (non-hydrogen) atoms. The van der Waals surface area contributed by atoms with Gasteiger partial charge in [-0.15, -0.1) is 0 Å². The first-order chi connectivity index (χ1) is 16.6. The molecular formula is C22H34F3N7O3. The fourth-order valence-corrected chi connectivity index (χ4v) is 5.04. The second-order valence-corrected chi connectivity index (χ2v) is 9.71. The summed E-state index contributed by atoms with van der Waals surface area (Å²) in [7, 11) is 3.79. The number of halogens is 3. The van der Waals surface area contributed by atoms with Crippen LogP contribution in [0.5, 0.6) is 0 Å². The maximum Gasteiger partial charge on any atom is 0.297 e. The van der Waals surface area contributed by atoms with Crippen LogP contribution in [0, 0.1) is 23.6 Å². The lowest BCUT2D eigenvalue weighted by atomic mass is 9.92. The Kier molecular flexibility index (Phi) is 9.11. The van der Waals surface area contributed by atoms with E-state index in [2.05, 4.69) is 20.8 Å². The molecule has 1 aromatic rings. The summed E-state index contributed by atoms with van der Waals surface area (Å²) in [6.45, 7) is 2.57. The highest BCUT2D eigenvalue weighted by Crippen LogP contribution is 2.32. The Morgan fingerprint density at radius 3 is 2.51 bits per heavy atom. The minimum Gasteiger partial charge on any atom is -0.352 e.